The number of carbonyl (C=O) groups excluding carboxylic acids is 1. The molecule has 0 heterocycles. The van der Waals surface area contributed by atoms with Crippen LogP contribution in [0.25, 0.3) is 0 Å². The smallest absolute Gasteiger partial charge is 0.217 e. The van der Waals surface area contributed by atoms with Gasteiger partial charge in [-0.15, -0.1) is 0 Å². The van der Waals surface area contributed by atoms with E-state index >= 15 is 0 Å². The number of aliphatic hydroxyl groups is 2. The first-order valence-corrected chi connectivity index (χ1v) is 11.5. The fraction of sp³-hybridized carbons (Fsp3) is 0.929. The molecule has 1 fully saturated rings. The average molecular weight is 336 g/mol. The number of amides is 1. The number of aliphatic hydroxyl groups excluding tert-OH is 2. The summed E-state index contributed by atoms with van der Waals surface area (Å²) in [6.45, 7) is 12.0. The van der Waals surface area contributed by atoms with Crippen LogP contribution >= 0.6 is 11.8 Å². The van der Waals surface area contributed by atoms with E-state index in [2.05, 4.69) is 39.2 Å². The van der Waals surface area contributed by atoms with Gasteiger partial charge in [0.25, 0.3) is 0 Å². The van der Waals surface area contributed by atoms with Crippen LogP contribution in [0.3, 0.4) is 0 Å². The monoisotopic (exact) mass is 335 g/mol. The molecule has 7 heteroatoms. The van der Waals surface area contributed by atoms with Gasteiger partial charge in [0, 0.05) is 6.92 Å². The van der Waals surface area contributed by atoms with Crippen LogP contribution in [0.5, 0.6) is 0 Å². The molecule has 5 atom stereocenters. The SMILES string of the molecule is CS[C@H]1[C@H](O)[C@H](O)[C@@H](O[Si](C)(C)C(C)(C)C)[C@@H]1NC(C)=O. The normalized spacial score (nSPS) is 34.0. The van der Waals surface area contributed by atoms with Crippen LogP contribution in [0.15, 0.2) is 0 Å². The minimum absolute atomic E-state index is 0.00408. The van der Waals surface area contributed by atoms with E-state index in [0.29, 0.717) is 0 Å². The molecule has 1 saturated carbocycles. The Hall–Kier alpha value is -0.0831. The summed E-state index contributed by atoms with van der Waals surface area (Å²) in [5.74, 6) is -0.177. The fourth-order valence-corrected chi connectivity index (χ4v) is 4.62. The van der Waals surface area contributed by atoms with Crippen LogP contribution in [-0.4, -0.2) is 60.3 Å². The number of nitrogens with one attached hydrogen (secondary N) is 1. The number of hydrogen-bond acceptors (Lipinski definition) is 5. The lowest BCUT2D eigenvalue weighted by Crippen LogP contribution is -2.53. The molecule has 0 aromatic heterocycles. The molecule has 0 unspecified atom stereocenters. The van der Waals surface area contributed by atoms with Crippen molar-refractivity contribution < 1.29 is 19.4 Å². The highest BCUT2D eigenvalue weighted by Crippen LogP contribution is 2.41. The molecule has 0 aromatic rings. The standard InChI is InChI=1S/C14H29NO4SSi/c1-8(16)15-9-12(10(17)11(18)13(9)20-5)19-21(6,7)14(2,3)4/h9-13,17-18H,1-7H3,(H,15,16)/t9-,10-,11+,12-,13+/m0/s1. The van der Waals surface area contributed by atoms with Crippen molar-refractivity contribution in [2.45, 2.75) is 75.4 Å². The third-order valence-corrected chi connectivity index (χ3v) is 10.2. The topological polar surface area (TPSA) is 78.8 Å². The van der Waals surface area contributed by atoms with Crippen LogP contribution in [0, 0.1) is 0 Å². The molecule has 5 nitrogen and oxygen atoms in total. The second kappa shape index (κ2) is 6.58. The summed E-state index contributed by atoms with van der Waals surface area (Å²) in [5, 5.41) is 23.2. The number of thioether (sulfide) groups is 1. The number of rotatable bonds is 4. The van der Waals surface area contributed by atoms with Crippen molar-refractivity contribution >= 4 is 26.0 Å². The van der Waals surface area contributed by atoms with E-state index in [1.54, 1.807) is 0 Å². The maximum atomic E-state index is 11.5. The van der Waals surface area contributed by atoms with Crippen molar-refractivity contribution in [3.63, 3.8) is 0 Å². The third kappa shape index (κ3) is 4.01. The first kappa shape index (κ1) is 19.0. The minimum Gasteiger partial charge on any atom is -0.409 e. The zero-order chi connectivity index (χ0) is 16.6. The van der Waals surface area contributed by atoms with E-state index in [0.717, 1.165) is 0 Å². The van der Waals surface area contributed by atoms with Gasteiger partial charge in [0.1, 0.15) is 6.10 Å². The quantitative estimate of drug-likeness (QED) is 0.676. The zero-order valence-electron chi connectivity index (χ0n) is 14.0. The summed E-state index contributed by atoms with van der Waals surface area (Å²) in [6, 6.07) is -0.378. The molecular formula is C14H29NO4SSi. The highest BCUT2D eigenvalue weighted by atomic mass is 32.2. The van der Waals surface area contributed by atoms with Gasteiger partial charge in [-0.25, -0.2) is 0 Å². The lowest BCUT2D eigenvalue weighted by molar-refractivity contribution is -0.120. The molecule has 0 radical (unpaired) electrons. The summed E-state index contributed by atoms with van der Waals surface area (Å²) in [6.07, 6.45) is -0.577. The lowest BCUT2D eigenvalue weighted by atomic mass is 10.2. The average Bonchev–Trinajstić information content (AvgIpc) is 2.51. The molecule has 0 spiro atoms. The molecule has 1 aliphatic carbocycles. The van der Waals surface area contributed by atoms with E-state index in [4.69, 9.17) is 4.43 Å². The number of hydrogen-bond donors (Lipinski definition) is 3. The largest absolute Gasteiger partial charge is 0.409 e. The molecule has 1 rings (SSSR count). The predicted octanol–water partition coefficient (Wildman–Crippen LogP) is 1.35. The summed E-state index contributed by atoms with van der Waals surface area (Å²) in [5.41, 5.74) is 0. The van der Waals surface area contributed by atoms with Gasteiger partial charge in [0.2, 0.25) is 5.91 Å². The summed E-state index contributed by atoms with van der Waals surface area (Å²) in [4.78, 5) is 11.5. The van der Waals surface area contributed by atoms with Gasteiger partial charge in [-0.1, -0.05) is 20.8 Å². The Bertz CT molecular complexity index is 386. The van der Waals surface area contributed by atoms with Gasteiger partial charge in [-0.3, -0.25) is 4.79 Å². The molecule has 0 bridgehead atoms. The first-order chi connectivity index (χ1) is 9.42. The highest BCUT2D eigenvalue weighted by molar-refractivity contribution is 7.99. The molecule has 1 amide bonds. The zero-order valence-corrected chi connectivity index (χ0v) is 15.8. The summed E-state index contributed by atoms with van der Waals surface area (Å²) < 4.78 is 6.29. The van der Waals surface area contributed by atoms with Crippen LogP contribution in [0.2, 0.25) is 18.1 Å². The second-order valence-corrected chi connectivity index (χ2v) is 13.0. The minimum atomic E-state index is -2.11. The van der Waals surface area contributed by atoms with Crippen LogP contribution in [-0.2, 0) is 9.22 Å². The Labute approximate surface area is 133 Å². The fourth-order valence-electron chi connectivity index (χ4n) is 2.35. The first-order valence-electron chi connectivity index (χ1n) is 7.26. The van der Waals surface area contributed by atoms with E-state index in [1.807, 2.05) is 6.26 Å². The van der Waals surface area contributed by atoms with Crippen LogP contribution in [0.4, 0.5) is 0 Å². The van der Waals surface area contributed by atoms with Crippen molar-refractivity contribution in [2.75, 3.05) is 6.26 Å². The molecule has 0 aliphatic heterocycles. The van der Waals surface area contributed by atoms with Crippen molar-refractivity contribution in [2.24, 2.45) is 0 Å². The second-order valence-electron chi connectivity index (χ2n) is 7.25. The molecule has 3 N–H and O–H groups in total. The molecule has 0 aromatic carbocycles. The Morgan fingerprint density at radius 1 is 1.24 bits per heavy atom. The van der Waals surface area contributed by atoms with Gasteiger partial charge < -0.3 is 20.0 Å². The number of carbonyl (C=O) groups is 1. The Morgan fingerprint density at radius 3 is 2.14 bits per heavy atom. The van der Waals surface area contributed by atoms with E-state index in [9.17, 15) is 15.0 Å². The van der Waals surface area contributed by atoms with E-state index in [-0.39, 0.29) is 22.2 Å². The van der Waals surface area contributed by atoms with Crippen molar-refractivity contribution in [3.8, 4) is 0 Å². The summed E-state index contributed by atoms with van der Waals surface area (Å²) in [7, 11) is -2.11. The maximum absolute atomic E-state index is 11.5. The van der Waals surface area contributed by atoms with Crippen LogP contribution < -0.4 is 5.32 Å². The highest BCUT2D eigenvalue weighted by Gasteiger charge is 2.53. The Balaban J connectivity index is 3.03. The lowest BCUT2D eigenvalue weighted by Gasteiger charge is -2.40. The molecule has 21 heavy (non-hydrogen) atoms. The van der Waals surface area contributed by atoms with Gasteiger partial charge in [0.05, 0.1) is 23.5 Å². The van der Waals surface area contributed by atoms with Crippen molar-refractivity contribution in [1.82, 2.24) is 5.32 Å². The molecule has 0 saturated heterocycles. The van der Waals surface area contributed by atoms with E-state index in [1.165, 1.54) is 18.7 Å². The molecule has 124 valence electrons. The van der Waals surface area contributed by atoms with E-state index < -0.39 is 26.6 Å². The third-order valence-electron chi connectivity index (χ3n) is 4.61. The Kier molecular flexibility index (Phi) is 5.94. The Morgan fingerprint density at radius 2 is 1.76 bits per heavy atom. The van der Waals surface area contributed by atoms with Crippen molar-refractivity contribution in [3.05, 3.63) is 0 Å². The molecular weight excluding hydrogens is 306 g/mol. The maximum Gasteiger partial charge on any atom is 0.217 e. The van der Waals surface area contributed by atoms with Gasteiger partial charge >= 0.3 is 0 Å². The van der Waals surface area contributed by atoms with Gasteiger partial charge in [0.15, 0.2) is 8.32 Å². The van der Waals surface area contributed by atoms with Crippen LogP contribution in [0.1, 0.15) is 27.7 Å². The van der Waals surface area contributed by atoms with Gasteiger partial charge in [-0.2, -0.15) is 11.8 Å². The van der Waals surface area contributed by atoms with Crippen molar-refractivity contribution in [1.29, 1.82) is 0 Å². The summed E-state index contributed by atoms with van der Waals surface area (Å²) >= 11 is 1.44. The van der Waals surface area contributed by atoms with Gasteiger partial charge in [-0.05, 0) is 24.4 Å². The predicted molar refractivity (Wildman–Crippen MR) is 89.0 cm³/mol. The molecule has 1 aliphatic rings.